The molecular weight excluding hydrogens is 220 g/mol. The molecule has 106 valence electrons. The molecule has 2 saturated carbocycles. The summed E-state index contributed by atoms with van der Waals surface area (Å²) in [6.45, 7) is 6.03. The molecule has 0 aromatic carbocycles. The van der Waals surface area contributed by atoms with Gasteiger partial charge in [-0.25, -0.2) is 0 Å². The van der Waals surface area contributed by atoms with Crippen LogP contribution in [-0.4, -0.2) is 37.6 Å². The van der Waals surface area contributed by atoms with Crippen molar-refractivity contribution in [2.45, 2.75) is 70.8 Å². The lowest BCUT2D eigenvalue weighted by molar-refractivity contribution is 0.141. The standard InChI is InChI=1S/C16H32N2/c1-3-12-17-13-16(10-6-4-5-7-11-16)14-18(2)15-8-9-15/h15,17H,3-14H2,1-2H3. The van der Waals surface area contributed by atoms with E-state index in [4.69, 9.17) is 0 Å². The third-order valence-corrected chi connectivity index (χ3v) is 4.85. The first-order chi connectivity index (χ1) is 8.76. The second kappa shape index (κ2) is 6.91. The molecule has 0 aliphatic heterocycles. The fraction of sp³-hybridized carbons (Fsp3) is 1.00. The van der Waals surface area contributed by atoms with Gasteiger partial charge in [0.25, 0.3) is 0 Å². The van der Waals surface area contributed by atoms with Crippen LogP contribution in [0.5, 0.6) is 0 Å². The van der Waals surface area contributed by atoms with Crippen molar-refractivity contribution >= 4 is 0 Å². The number of hydrogen-bond acceptors (Lipinski definition) is 2. The molecule has 0 saturated heterocycles. The second-order valence-electron chi connectivity index (χ2n) is 6.74. The van der Waals surface area contributed by atoms with E-state index in [-0.39, 0.29) is 0 Å². The number of rotatable bonds is 7. The van der Waals surface area contributed by atoms with E-state index in [0.717, 1.165) is 6.04 Å². The van der Waals surface area contributed by atoms with Gasteiger partial charge >= 0.3 is 0 Å². The van der Waals surface area contributed by atoms with E-state index in [1.165, 1.54) is 77.4 Å². The fourth-order valence-corrected chi connectivity index (χ4v) is 3.57. The lowest BCUT2D eigenvalue weighted by atomic mass is 9.79. The molecule has 0 bridgehead atoms. The Bertz CT molecular complexity index is 227. The van der Waals surface area contributed by atoms with Gasteiger partial charge in [-0.1, -0.05) is 32.6 Å². The van der Waals surface area contributed by atoms with Crippen molar-refractivity contribution in [1.29, 1.82) is 0 Å². The summed E-state index contributed by atoms with van der Waals surface area (Å²) in [5.41, 5.74) is 0.572. The number of hydrogen-bond donors (Lipinski definition) is 1. The highest BCUT2D eigenvalue weighted by Crippen LogP contribution is 2.37. The van der Waals surface area contributed by atoms with Gasteiger partial charge in [0.2, 0.25) is 0 Å². The number of nitrogens with zero attached hydrogens (tertiary/aromatic N) is 1. The molecule has 0 aromatic rings. The van der Waals surface area contributed by atoms with E-state index in [1.54, 1.807) is 0 Å². The monoisotopic (exact) mass is 252 g/mol. The SMILES string of the molecule is CCCNCC1(CN(C)C2CC2)CCCCCC1. The summed E-state index contributed by atoms with van der Waals surface area (Å²) in [7, 11) is 2.35. The third kappa shape index (κ3) is 4.24. The minimum absolute atomic E-state index is 0.572. The molecule has 2 nitrogen and oxygen atoms in total. The van der Waals surface area contributed by atoms with Gasteiger partial charge in [0.15, 0.2) is 0 Å². The summed E-state index contributed by atoms with van der Waals surface area (Å²) in [5, 5.41) is 3.71. The van der Waals surface area contributed by atoms with Crippen LogP contribution in [0.25, 0.3) is 0 Å². The second-order valence-corrected chi connectivity index (χ2v) is 6.74. The van der Waals surface area contributed by atoms with Crippen LogP contribution in [0.4, 0.5) is 0 Å². The molecule has 0 unspecified atom stereocenters. The van der Waals surface area contributed by atoms with Crippen LogP contribution in [0.15, 0.2) is 0 Å². The molecule has 2 aliphatic carbocycles. The molecule has 2 fully saturated rings. The van der Waals surface area contributed by atoms with Gasteiger partial charge in [0.05, 0.1) is 0 Å². The average Bonchev–Trinajstić information content (AvgIpc) is 3.17. The highest BCUT2D eigenvalue weighted by atomic mass is 15.2. The zero-order valence-electron chi connectivity index (χ0n) is 12.5. The fourth-order valence-electron chi connectivity index (χ4n) is 3.57. The summed E-state index contributed by atoms with van der Waals surface area (Å²) in [5.74, 6) is 0. The van der Waals surface area contributed by atoms with E-state index >= 15 is 0 Å². The minimum Gasteiger partial charge on any atom is -0.316 e. The maximum Gasteiger partial charge on any atom is 0.00936 e. The van der Waals surface area contributed by atoms with Crippen molar-refractivity contribution in [2.24, 2.45) is 5.41 Å². The van der Waals surface area contributed by atoms with E-state index in [2.05, 4.69) is 24.2 Å². The van der Waals surface area contributed by atoms with Crippen LogP contribution < -0.4 is 5.32 Å². The lowest BCUT2D eigenvalue weighted by Crippen LogP contribution is -2.43. The van der Waals surface area contributed by atoms with Crippen LogP contribution in [0, 0.1) is 5.41 Å². The Morgan fingerprint density at radius 3 is 2.33 bits per heavy atom. The van der Waals surface area contributed by atoms with Crippen LogP contribution in [-0.2, 0) is 0 Å². The Morgan fingerprint density at radius 1 is 1.11 bits per heavy atom. The predicted octanol–water partition coefficient (Wildman–Crippen LogP) is 3.42. The normalized spacial score (nSPS) is 24.2. The van der Waals surface area contributed by atoms with Crippen LogP contribution in [0.2, 0.25) is 0 Å². The maximum atomic E-state index is 3.71. The highest BCUT2D eigenvalue weighted by molar-refractivity contribution is 4.91. The molecule has 2 rings (SSSR count). The highest BCUT2D eigenvalue weighted by Gasteiger charge is 2.35. The summed E-state index contributed by atoms with van der Waals surface area (Å²) in [6.07, 6.45) is 12.9. The molecule has 2 heteroatoms. The van der Waals surface area contributed by atoms with Gasteiger partial charge in [0.1, 0.15) is 0 Å². The van der Waals surface area contributed by atoms with Gasteiger partial charge in [-0.15, -0.1) is 0 Å². The lowest BCUT2D eigenvalue weighted by Gasteiger charge is -2.37. The topological polar surface area (TPSA) is 15.3 Å². The quantitative estimate of drug-likeness (QED) is 0.552. The summed E-state index contributed by atoms with van der Waals surface area (Å²) >= 11 is 0. The molecule has 2 aliphatic rings. The van der Waals surface area contributed by atoms with Crippen molar-refractivity contribution in [3.8, 4) is 0 Å². The molecule has 0 aromatic heterocycles. The van der Waals surface area contributed by atoms with Gasteiger partial charge in [-0.2, -0.15) is 0 Å². The van der Waals surface area contributed by atoms with Gasteiger partial charge < -0.3 is 10.2 Å². The molecule has 0 amide bonds. The van der Waals surface area contributed by atoms with E-state index in [9.17, 15) is 0 Å². The van der Waals surface area contributed by atoms with Crippen LogP contribution in [0.3, 0.4) is 0 Å². The van der Waals surface area contributed by atoms with Gasteiger partial charge in [-0.3, -0.25) is 0 Å². The zero-order chi connectivity index (χ0) is 12.8. The van der Waals surface area contributed by atoms with Crippen molar-refractivity contribution in [3.63, 3.8) is 0 Å². The largest absolute Gasteiger partial charge is 0.316 e. The van der Waals surface area contributed by atoms with Crippen molar-refractivity contribution in [2.75, 3.05) is 26.7 Å². The molecule has 0 atom stereocenters. The average molecular weight is 252 g/mol. The van der Waals surface area contributed by atoms with Crippen molar-refractivity contribution in [1.82, 2.24) is 10.2 Å². The van der Waals surface area contributed by atoms with Crippen molar-refractivity contribution < 1.29 is 0 Å². The van der Waals surface area contributed by atoms with E-state index in [1.807, 2.05) is 0 Å². The Kier molecular flexibility index (Phi) is 5.50. The Morgan fingerprint density at radius 2 is 1.78 bits per heavy atom. The Labute approximate surface area is 114 Å². The summed E-state index contributed by atoms with van der Waals surface area (Å²) < 4.78 is 0. The van der Waals surface area contributed by atoms with E-state index < -0.39 is 0 Å². The van der Waals surface area contributed by atoms with Crippen LogP contribution >= 0.6 is 0 Å². The molecular formula is C16H32N2. The first-order valence-electron chi connectivity index (χ1n) is 8.17. The van der Waals surface area contributed by atoms with Crippen molar-refractivity contribution in [3.05, 3.63) is 0 Å². The Balaban J connectivity index is 1.90. The molecule has 0 heterocycles. The predicted molar refractivity (Wildman–Crippen MR) is 78.9 cm³/mol. The zero-order valence-corrected chi connectivity index (χ0v) is 12.5. The Hall–Kier alpha value is -0.0800. The first-order valence-corrected chi connectivity index (χ1v) is 8.17. The maximum absolute atomic E-state index is 3.71. The molecule has 1 N–H and O–H groups in total. The first kappa shape index (κ1) is 14.3. The van der Waals surface area contributed by atoms with Crippen LogP contribution in [0.1, 0.15) is 64.7 Å². The van der Waals surface area contributed by atoms with Gasteiger partial charge in [0, 0.05) is 19.1 Å². The summed E-state index contributed by atoms with van der Waals surface area (Å²) in [6, 6.07) is 0.913. The smallest absolute Gasteiger partial charge is 0.00936 e. The van der Waals surface area contributed by atoms with Gasteiger partial charge in [-0.05, 0) is 51.1 Å². The minimum atomic E-state index is 0.572. The molecule has 0 spiro atoms. The summed E-state index contributed by atoms with van der Waals surface area (Å²) in [4.78, 5) is 2.65. The van der Waals surface area contributed by atoms with E-state index in [0.29, 0.717) is 5.41 Å². The molecule has 18 heavy (non-hydrogen) atoms. The number of nitrogens with one attached hydrogen (secondary N) is 1. The molecule has 0 radical (unpaired) electrons. The third-order valence-electron chi connectivity index (χ3n) is 4.85.